The third kappa shape index (κ3) is 4.49. The second-order valence-electron chi connectivity index (χ2n) is 4.17. The van der Waals surface area contributed by atoms with Crippen LogP contribution in [0.1, 0.15) is 12.1 Å². The lowest BCUT2D eigenvalue weighted by molar-refractivity contribution is 0.0628. The molecule has 0 fully saturated rings. The van der Waals surface area contributed by atoms with Crippen LogP contribution in [0, 0.1) is 3.57 Å². The van der Waals surface area contributed by atoms with Gasteiger partial charge < -0.3 is 10.3 Å². The fourth-order valence-corrected chi connectivity index (χ4v) is 2.24. The number of hydroxylamine groups is 1. The van der Waals surface area contributed by atoms with E-state index in [9.17, 15) is 4.79 Å². The van der Waals surface area contributed by atoms with Crippen LogP contribution in [0.15, 0.2) is 36.8 Å². The van der Waals surface area contributed by atoms with Crippen molar-refractivity contribution in [2.45, 2.75) is 12.8 Å². The van der Waals surface area contributed by atoms with E-state index in [0.717, 1.165) is 24.2 Å². The molecule has 0 saturated heterocycles. The second kappa shape index (κ2) is 7.25. The number of carbonyl (C=O) groups excluding carboxylic acids is 1. The molecule has 2 aromatic rings. The Morgan fingerprint density at radius 3 is 3.10 bits per heavy atom. The number of nitrogens with one attached hydrogen (secondary N) is 1. The van der Waals surface area contributed by atoms with E-state index in [1.165, 1.54) is 3.57 Å². The molecule has 0 aliphatic heterocycles. The molecule has 20 heavy (non-hydrogen) atoms. The van der Waals surface area contributed by atoms with Crippen LogP contribution < -0.4 is 11.2 Å². The van der Waals surface area contributed by atoms with Crippen molar-refractivity contribution in [2.75, 3.05) is 6.61 Å². The molecular formula is C13H15IN4O2. The highest BCUT2D eigenvalue weighted by molar-refractivity contribution is 14.1. The lowest BCUT2D eigenvalue weighted by Gasteiger charge is -2.02. The van der Waals surface area contributed by atoms with Gasteiger partial charge in [-0.15, -0.1) is 0 Å². The van der Waals surface area contributed by atoms with Crippen LogP contribution in [0.5, 0.6) is 0 Å². The molecule has 106 valence electrons. The van der Waals surface area contributed by atoms with Crippen molar-refractivity contribution >= 4 is 28.6 Å². The molecule has 1 aromatic carbocycles. The summed E-state index contributed by atoms with van der Waals surface area (Å²) in [4.78, 5) is 19.6. The summed E-state index contributed by atoms with van der Waals surface area (Å²) in [6, 6.07) is 7.50. The molecule has 0 radical (unpaired) electrons. The standard InChI is InChI=1S/C13H15IN4O2/c14-10-3-1-5-12(7-10)18-8-11(16-9-18)4-2-6-20-17-13(15)19/h1,3,5,7-9H,2,4,6H2,(H3,15,17,19). The summed E-state index contributed by atoms with van der Waals surface area (Å²) in [5, 5.41) is 0. The van der Waals surface area contributed by atoms with Crippen molar-refractivity contribution in [1.29, 1.82) is 0 Å². The quantitative estimate of drug-likeness (QED) is 0.453. The number of imidazole rings is 1. The smallest absolute Gasteiger partial charge is 0.336 e. The highest BCUT2D eigenvalue weighted by Gasteiger charge is 2.02. The van der Waals surface area contributed by atoms with Crippen molar-refractivity contribution in [2.24, 2.45) is 5.73 Å². The van der Waals surface area contributed by atoms with Crippen LogP contribution in [-0.2, 0) is 11.3 Å². The van der Waals surface area contributed by atoms with E-state index < -0.39 is 6.03 Å². The minimum absolute atomic E-state index is 0.402. The van der Waals surface area contributed by atoms with E-state index in [0.29, 0.717) is 6.61 Å². The van der Waals surface area contributed by atoms with Gasteiger partial charge in [0.1, 0.15) is 0 Å². The van der Waals surface area contributed by atoms with Gasteiger partial charge in [0.05, 0.1) is 18.6 Å². The molecule has 0 atom stereocenters. The summed E-state index contributed by atoms with van der Waals surface area (Å²) in [5.74, 6) is 0. The minimum Gasteiger partial charge on any atom is -0.350 e. The van der Waals surface area contributed by atoms with Crippen molar-refractivity contribution in [3.05, 3.63) is 46.1 Å². The first kappa shape index (κ1) is 14.8. The summed E-state index contributed by atoms with van der Waals surface area (Å²) in [6.45, 7) is 0.402. The lowest BCUT2D eigenvalue weighted by atomic mass is 10.2. The molecule has 2 rings (SSSR count). The molecule has 7 heteroatoms. The normalized spacial score (nSPS) is 10.4. The number of hydrogen-bond acceptors (Lipinski definition) is 3. The Kier molecular flexibility index (Phi) is 5.36. The molecule has 6 nitrogen and oxygen atoms in total. The Balaban J connectivity index is 1.85. The number of halogens is 1. The first-order chi connectivity index (χ1) is 9.65. The molecule has 0 aliphatic carbocycles. The number of primary amides is 1. The van der Waals surface area contributed by atoms with E-state index in [2.05, 4.69) is 39.1 Å². The molecule has 0 saturated carbocycles. The molecule has 3 N–H and O–H groups in total. The Morgan fingerprint density at radius 2 is 2.35 bits per heavy atom. The number of urea groups is 1. The van der Waals surface area contributed by atoms with Crippen molar-refractivity contribution in [3.8, 4) is 5.69 Å². The molecule has 0 bridgehead atoms. The minimum atomic E-state index is -0.687. The molecule has 0 unspecified atom stereocenters. The van der Waals surface area contributed by atoms with Gasteiger partial charge in [-0.1, -0.05) is 6.07 Å². The van der Waals surface area contributed by atoms with E-state index in [-0.39, 0.29) is 0 Å². The molecule has 2 amide bonds. The van der Waals surface area contributed by atoms with Gasteiger partial charge in [-0.05, 0) is 53.6 Å². The number of carbonyl (C=O) groups is 1. The second-order valence-corrected chi connectivity index (χ2v) is 5.42. The summed E-state index contributed by atoms with van der Waals surface area (Å²) in [7, 11) is 0. The summed E-state index contributed by atoms with van der Waals surface area (Å²) in [5.41, 5.74) is 9.02. The highest BCUT2D eigenvalue weighted by atomic mass is 127. The monoisotopic (exact) mass is 386 g/mol. The van der Waals surface area contributed by atoms with E-state index >= 15 is 0 Å². The van der Waals surface area contributed by atoms with Crippen LogP contribution >= 0.6 is 22.6 Å². The SMILES string of the molecule is NC(=O)NOCCCc1cn(-c2cccc(I)c2)cn1. The van der Waals surface area contributed by atoms with Gasteiger partial charge >= 0.3 is 6.03 Å². The summed E-state index contributed by atoms with van der Waals surface area (Å²) >= 11 is 2.28. The van der Waals surface area contributed by atoms with E-state index in [1.807, 2.05) is 29.0 Å². The lowest BCUT2D eigenvalue weighted by Crippen LogP contribution is -2.29. The molecule has 1 heterocycles. The first-order valence-electron chi connectivity index (χ1n) is 6.11. The van der Waals surface area contributed by atoms with Gasteiger partial charge in [-0.3, -0.25) is 4.84 Å². The van der Waals surface area contributed by atoms with Gasteiger partial charge in [0.2, 0.25) is 0 Å². The highest BCUT2D eigenvalue weighted by Crippen LogP contribution is 2.13. The van der Waals surface area contributed by atoms with Gasteiger partial charge in [0.15, 0.2) is 0 Å². The number of aromatic nitrogens is 2. The van der Waals surface area contributed by atoms with E-state index in [4.69, 9.17) is 10.6 Å². The number of hydrogen-bond donors (Lipinski definition) is 2. The number of aryl methyl sites for hydroxylation is 1. The number of nitrogens with two attached hydrogens (primary N) is 1. The van der Waals surface area contributed by atoms with Gasteiger partial charge in [-0.25, -0.2) is 15.3 Å². The molecule has 1 aromatic heterocycles. The average Bonchev–Trinajstić information content (AvgIpc) is 2.87. The number of nitrogens with zero attached hydrogens (tertiary/aromatic N) is 2. The van der Waals surface area contributed by atoms with Crippen LogP contribution in [0.25, 0.3) is 5.69 Å². The zero-order chi connectivity index (χ0) is 14.4. The summed E-state index contributed by atoms with van der Waals surface area (Å²) < 4.78 is 3.17. The maximum Gasteiger partial charge on any atom is 0.336 e. The molecule has 0 aliphatic rings. The Bertz CT molecular complexity index is 585. The Hall–Kier alpha value is -1.61. The number of amides is 2. The zero-order valence-corrected chi connectivity index (χ0v) is 12.9. The van der Waals surface area contributed by atoms with Crippen LogP contribution in [0.2, 0.25) is 0 Å². The van der Waals surface area contributed by atoms with Gasteiger partial charge in [0.25, 0.3) is 0 Å². The van der Waals surface area contributed by atoms with Gasteiger partial charge in [-0.2, -0.15) is 0 Å². The Labute approximate surface area is 130 Å². The zero-order valence-electron chi connectivity index (χ0n) is 10.8. The van der Waals surface area contributed by atoms with Crippen molar-refractivity contribution in [1.82, 2.24) is 15.0 Å². The van der Waals surface area contributed by atoms with E-state index in [1.54, 1.807) is 6.33 Å². The predicted molar refractivity (Wildman–Crippen MR) is 83.3 cm³/mol. The first-order valence-corrected chi connectivity index (χ1v) is 7.19. The van der Waals surface area contributed by atoms with Crippen molar-refractivity contribution < 1.29 is 9.63 Å². The van der Waals surface area contributed by atoms with Crippen LogP contribution in [-0.4, -0.2) is 22.2 Å². The van der Waals surface area contributed by atoms with Crippen LogP contribution in [0.3, 0.4) is 0 Å². The maximum atomic E-state index is 10.4. The third-order valence-electron chi connectivity index (χ3n) is 2.59. The topological polar surface area (TPSA) is 82.2 Å². The summed E-state index contributed by atoms with van der Waals surface area (Å²) in [6.07, 6.45) is 5.32. The molecule has 0 spiro atoms. The predicted octanol–water partition coefficient (Wildman–Crippen LogP) is 2.01. The average molecular weight is 386 g/mol. The van der Waals surface area contributed by atoms with Gasteiger partial charge in [0, 0.05) is 15.5 Å². The largest absolute Gasteiger partial charge is 0.350 e. The number of rotatable bonds is 6. The Morgan fingerprint density at radius 1 is 1.50 bits per heavy atom. The van der Waals surface area contributed by atoms with Crippen molar-refractivity contribution in [3.63, 3.8) is 0 Å². The fraction of sp³-hybridized carbons (Fsp3) is 0.231. The fourth-order valence-electron chi connectivity index (χ4n) is 1.72. The third-order valence-corrected chi connectivity index (χ3v) is 3.27. The molecular weight excluding hydrogens is 371 g/mol. The van der Waals surface area contributed by atoms with Crippen LogP contribution in [0.4, 0.5) is 4.79 Å². The maximum absolute atomic E-state index is 10.4. The number of benzene rings is 1.